The van der Waals surface area contributed by atoms with Crippen molar-refractivity contribution < 1.29 is 14.7 Å². The number of aliphatic hydroxyl groups excluding tert-OH is 1. The predicted molar refractivity (Wildman–Crippen MR) is 77.4 cm³/mol. The highest BCUT2D eigenvalue weighted by atomic mass is 16.3. The maximum Gasteiger partial charge on any atom is 0.234 e. The molecule has 0 radical (unpaired) electrons. The Bertz CT molecular complexity index is 502. The number of piperidine rings is 1. The molecular formula is C16H21NO3. The average molecular weight is 275 g/mol. The van der Waals surface area contributed by atoms with E-state index in [0.717, 1.165) is 12.0 Å². The van der Waals surface area contributed by atoms with Gasteiger partial charge in [-0.1, -0.05) is 26.0 Å². The molecule has 0 aromatic heterocycles. The van der Waals surface area contributed by atoms with Crippen molar-refractivity contribution in [2.75, 3.05) is 11.5 Å². The summed E-state index contributed by atoms with van der Waals surface area (Å²) >= 11 is 0. The second kappa shape index (κ2) is 5.75. The number of hydrogen-bond acceptors (Lipinski definition) is 3. The summed E-state index contributed by atoms with van der Waals surface area (Å²) in [6.07, 6.45) is 2.20. The summed E-state index contributed by atoms with van der Waals surface area (Å²) in [5.41, 5.74) is 1.42. The normalized spacial score (nSPS) is 18.4. The molecule has 0 unspecified atom stereocenters. The zero-order valence-corrected chi connectivity index (χ0v) is 12.1. The van der Waals surface area contributed by atoms with Crippen molar-refractivity contribution in [2.24, 2.45) is 5.41 Å². The third-order valence-corrected chi connectivity index (χ3v) is 3.55. The van der Waals surface area contributed by atoms with E-state index in [4.69, 9.17) is 5.11 Å². The van der Waals surface area contributed by atoms with Crippen molar-refractivity contribution in [1.82, 2.24) is 0 Å². The molecule has 0 atom stereocenters. The SMILES string of the molecule is CC1(C)CC(=O)N(c2cccc(CCCO)c2)C(=O)C1. The summed E-state index contributed by atoms with van der Waals surface area (Å²) < 4.78 is 0. The summed E-state index contributed by atoms with van der Waals surface area (Å²) in [7, 11) is 0. The highest BCUT2D eigenvalue weighted by Crippen LogP contribution is 2.34. The van der Waals surface area contributed by atoms with Crippen LogP contribution in [0.2, 0.25) is 0 Å². The Hall–Kier alpha value is -1.68. The quantitative estimate of drug-likeness (QED) is 0.858. The summed E-state index contributed by atoms with van der Waals surface area (Å²) in [6.45, 7) is 4.02. The van der Waals surface area contributed by atoms with Gasteiger partial charge in [-0.05, 0) is 36.0 Å². The fourth-order valence-electron chi connectivity index (χ4n) is 2.60. The summed E-state index contributed by atoms with van der Waals surface area (Å²) in [6, 6.07) is 7.45. The van der Waals surface area contributed by atoms with E-state index in [1.54, 1.807) is 6.07 Å². The van der Waals surface area contributed by atoms with Crippen molar-refractivity contribution in [3.05, 3.63) is 29.8 Å². The summed E-state index contributed by atoms with van der Waals surface area (Å²) in [5.74, 6) is -0.267. The number of carbonyl (C=O) groups is 2. The number of hydrogen-bond donors (Lipinski definition) is 1. The Morgan fingerprint density at radius 1 is 1.20 bits per heavy atom. The van der Waals surface area contributed by atoms with Crippen LogP contribution in [0.1, 0.15) is 38.7 Å². The number of carbonyl (C=O) groups excluding carboxylic acids is 2. The van der Waals surface area contributed by atoms with Crippen LogP contribution in [0.3, 0.4) is 0 Å². The van der Waals surface area contributed by atoms with E-state index < -0.39 is 0 Å². The first-order valence-corrected chi connectivity index (χ1v) is 6.98. The van der Waals surface area contributed by atoms with Crippen LogP contribution in [0.25, 0.3) is 0 Å². The summed E-state index contributed by atoms with van der Waals surface area (Å²) in [4.78, 5) is 25.7. The molecule has 1 fully saturated rings. The van der Waals surface area contributed by atoms with Gasteiger partial charge in [-0.3, -0.25) is 14.5 Å². The topological polar surface area (TPSA) is 57.6 Å². The molecule has 1 heterocycles. The Morgan fingerprint density at radius 3 is 2.45 bits per heavy atom. The minimum Gasteiger partial charge on any atom is -0.396 e. The van der Waals surface area contributed by atoms with Gasteiger partial charge in [0, 0.05) is 19.4 Å². The zero-order valence-electron chi connectivity index (χ0n) is 12.1. The van der Waals surface area contributed by atoms with Crippen LogP contribution >= 0.6 is 0 Å². The molecule has 1 aromatic carbocycles. The van der Waals surface area contributed by atoms with Crippen LogP contribution in [-0.4, -0.2) is 23.5 Å². The molecule has 4 nitrogen and oxygen atoms in total. The van der Waals surface area contributed by atoms with Crippen molar-refractivity contribution in [3.63, 3.8) is 0 Å². The second-order valence-electron chi connectivity index (χ2n) is 6.14. The monoisotopic (exact) mass is 275 g/mol. The molecule has 0 spiro atoms. The van der Waals surface area contributed by atoms with E-state index in [-0.39, 0.29) is 23.8 Å². The van der Waals surface area contributed by atoms with Gasteiger partial charge in [-0.2, -0.15) is 0 Å². The summed E-state index contributed by atoms with van der Waals surface area (Å²) in [5, 5.41) is 8.87. The standard InChI is InChI=1S/C16H21NO3/c1-16(2)10-14(19)17(15(20)11-16)13-7-3-5-12(9-13)6-4-8-18/h3,5,7,9,18H,4,6,8,10-11H2,1-2H3. The van der Waals surface area contributed by atoms with Crippen LogP contribution < -0.4 is 4.90 Å². The number of amides is 2. The zero-order chi connectivity index (χ0) is 14.8. The van der Waals surface area contributed by atoms with Gasteiger partial charge in [-0.25, -0.2) is 0 Å². The van der Waals surface area contributed by atoms with Crippen LogP contribution in [0, 0.1) is 5.41 Å². The van der Waals surface area contributed by atoms with Gasteiger partial charge < -0.3 is 5.11 Å². The van der Waals surface area contributed by atoms with Crippen molar-refractivity contribution in [1.29, 1.82) is 0 Å². The highest BCUT2D eigenvalue weighted by molar-refractivity contribution is 6.16. The molecule has 0 bridgehead atoms. The molecular weight excluding hydrogens is 254 g/mol. The highest BCUT2D eigenvalue weighted by Gasteiger charge is 2.38. The molecule has 0 aliphatic carbocycles. The van der Waals surface area contributed by atoms with Gasteiger partial charge in [0.05, 0.1) is 5.69 Å². The average Bonchev–Trinajstić information content (AvgIpc) is 2.34. The van der Waals surface area contributed by atoms with E-state index in [1.165, 1.54) is 4.90 Å². The van der Waals surface area contributed by atoms with Crippen molar-refractivity contribution in [2.45, 2.75) is 39.5 Å². The minimum atomic E-state index is -0.251. The number of aliphatic hydroxyl groups is 1. The van der Waals surface area contributed by atoms with Gasteiger partial charge in [0.2, 0.25) is 11.8 Å². The third kappa shape index (κ3) is 3.25. The molecule has 1 aromatic rings. The van der Waals surface area contributed by atoms with E-state index in [0.29, 0.717) is 24.9 Å². The molecule has 1 aliphatic heterocycles. The number of anilines is 1. The molecule has 108 valence electrons. The molecule has 4 heteroatoms. The predicted octanol–water partition coefficient (Wildman–Crippen LogP) is 2.29. The van der Waals surface area contributed by atoms with Gasteiger partial charge >= 0.3 is 0 Å². The number of benzene rings is 1. The van der Waals surface area contributed by atoms with Crippen LogP contribution in [0.5, 0.6) is 0 Å². The molecule has 1 saturated heterocycles. The maximum absolute atomic E-state index is 12.2. The number of nitrogens with zero attached hydrogens (tertiary/aromatic N) is 1. The maximum atomic E-state index is 12.2. The Labute approximate surface area is 119 Å². The number of imide groups is 1. The van der Waals surface area contributed by atoms with Crippen molar-refractivity contribution >= 4 is 17.5 Å². The Balaban J connectivity index is 2.22. The Morgan fingerprint density at radius 2 is 1.85 bits per heavy atom. The first-order chi connectivity index (χ1) is 9.43. The van der Waals surface area contributed by atoms with Crippen LogP contribution in [0.15, 0.2) is 24.3 Å². The minimum absolute atomic E-state index is 0.134. The third-order valence-electron chi connectivity index (χ3n) is 3.55. The van der Waals surface area contributed by atoms with Gasteiger partial charge in [0.15, 0.2) is 0 Å². The number of aryl methyl sites for hydroxylation is 1. The number of rotatable bonds is 4. The molecule has 0 saturated carbocycles. The lowest BCUT2D eigenvalue weighted by atomic mass is 9.81. The first-order valence-electron chi connectivity index (χ1n) is 6.98. The molecule has 2 amide bonds. The lowest BCUT2D eigenvalue weighted by Crippen LogP contribution is -2.46. The Kier molecular flexibility index (Phi) is 4.23. The molecule has 20 heavy (non-hydrogen) atoms. The van der Waals surface area contributed by atoms with Gasteiger partial charge in [-0.15, -0.1) is 0 Å². The van der Waals surface area contributed by atoms with E-state index >= 15 is 0 Å². The molecule has 2 rings (SSSR count). The second-order valence-corrected chi connectivity index (χ2v) is 6.14. The lowest BCUT2D eigenvalue weighted by molar-refractivity contribution is -0.132. The van der Waals surface area contributed by atoms with Gasteiger partial charge in [0.25, 0.3) is 0 Å². The van der Waals surface area contributed by atoms with Gasteiger partial charge in [0.1, 0.15) is 0 Å². The smallest absolute Gasteiger partial charge is 0.234 e. The fraction of sp³-hybridized carbons (Fsp3) is 0.500. The van der Waals surface area contributed by atoms with Crippen LogP contribution in [-0.2, 0) is 16.0 Å². The fourth-order valence-corrected chi connectivity index (χ4v) is 2.60. The first kappa shape index (κ1) is 14.7. The van der Waals surface area contributed by atoms with Crippen molar-refractivity contribution in [3.8, 4) is 0 Å². The van der Waals surface area contributed by atoms with E-state index in [9.17, 15) is 9.59 Å². The largest absolute Gasteiger partial charge is 0.396 e. The molecule has 1 N–H and O–H groups in total. The molecule has 1 aliphatic rings. The van der Waals surface area contributed by atoms with E-state index in [2.05, 4.69) is 0 Å². The lowest BCUT2D eigenvalue weighted by Gasteiger charge is -2.34. The van der Waals surface area contributed by atoms with E-state index in [1.807, 2.05) is 32.0 Å². The van der Waals surface area contributed by atoms with Crippen LogP contribution in [0.4, 0.5) is 5.69 Å².